The van der Waals surface area contributed by atoms with Gasteiger partial charge in [-0.05, 0) is 37.5 Å². The lowest BCUT2D eigenvalue weighted by atomic mass is 9.93. The molecule has 32 heavy (non-hydrogen) atoms. The largest absolute Gasteiger partial charge is 0.339 e. The summed E-state index contributed by atoms with van der Waals surface area (Å²) < 4.78 is 0. The molecule has 1 saturated heterocycles. The summed E-state index contributed by atoms with van der Waals surface area (Å²) in [6.45, 7) is 7.24. The Balaban J connectivity index is 1.71. The van der Waals surface area contributed by atoms with Crippen LogP contribution in [0.1, 0.15) is 34.4 Å². The molecule has 2 heterocycles. The van der Waals surface area contributed by atoms with Crippen molar-refractivity contribution in [3.05, 3.63) is 83.4 Å². The van der Waals surface area contributed by atoms with Crippen LogP contribution in [-0.2, 0) is 11.2 Å². The average molecular weight is 429 g/mol. The van der Waals surface area contributed by atoms with E-state index in [4.69, 9.17) is 0 Å². The van der Waals surface area contributed by atoms with Crippen LogP contribution >= 0.6 is 0 Å². The molecule has 4 rings (SSSR count). The van der Waals surface area contributed by atoms with E-state index in [1.54, 1.807) is 18.0 Å². The highest BCUT2D eigenvalue weighted by atomic mass is 16.2. The fraction of sp³-hybridized carbons (Fsp3) is 0.308. The van der Waals surface area contributed by atoms with Gasteiger partial charge in [-0.3, -0.25) is 9.59 Å². The van der Waals surface area contributed by atoms with E-state index >= 15 is 0 Å². The molecule has 0 aliphatic carbocycles. The van der Waals surface area contributed by atoms with Gasteiger partial charge in [0.05, 0.1) is 11.3 Å². The molecule has 1 aliphatic heterocycles. The summed E-state index contributed by atoms with van der Waals surface area (Å²) in [6, 6.07) is 17.7. The van der Waals surface area contributed by atoms with Crippen molar-refractivity contribution in [1.82, 2.24) is 19.8 Å². The molecule has 0 radical (unpaired) electrons. The third-order valence-corrected chi connectivity index (χ3v) is 6.07. The highest BCUT2D eigenvalue weighted by molar-refractivity contribution is 5.99. The van der Waals surface area contributed by atoms with Crippen LogP contribution in [0.3, 0.4) is 0 Å². The van der Waals surface area contributed by atoms with Gasteiger partial charge in [0.1, 0.15) is 11.9 Å². The van der Waals surface area contributed by atoms with Crippen LogP contribution in [0, 0.1) is 13.8 Å². The molecule has 164 valence electrons. The second-order valence-corrected chi connectivity index (χ2v) is 8.08. The summed E-state index contributed by atoms with van der Waals surface area (Å²) in [4.78, 5) is 39.0. The van der Waals surface area contributed by atoms with E-state index in [1.165, 1.54) is 0 Å². The predicted octanol–water partition coefficient (Wildman–Crippen LogP) is 3.68. The maximum atomic E-state index is 13.5. The monoisotopic (exact) mass is 428 g/mol. The Kier molecular flexibility index (Phi) is 6.30. The van der Waals surface area contributed by atoms with E-state index in [0.717, 1.165) is 16.7 Å². The number of hydrogen-bond acceptors (Lipinski definition) is 4. The normalized spacial score (nSPS) is 16.3. The Morgan fingerprint density at radius 2 is 1.75 bits per heavy atom. The van der Waals surface area contributed by atoms with Gasteiger partial charge in [-0.25, -0.2) is 9.97 Å². The number of carbonyl (C=O) groups excluding carboxylic acids is 2. The first-order valence-corrected chi connectivity index (χ1v) is 11.0. The molecule has 3 aromatic rings. The van der Waals surface area contributed by atoms with Crippen molar-refractivity contribution in [2.45, 2.75) is 33.2 Å². The van der Waals surface area contributed by atoms with E-state index in [2.05, 4.69) is 28.2 Å². The van der Waals surface area contributed by atoms with Gasteiger partial charge in [0.2, 0.25) is 5.91 Å². The van der Waals surface area contributed by atoms with Crippen molar-refractivity contribution in [2.24, 2.45) is 0 Å². The number of aromatic nitrogens is 2. The first-order valence-electron chi connectivity index (χ1n) is 11.0. The molecule has 0 saturated carbocycles. The van der Waals surface area contributed by atoms with Gasteiger partial charge in [0.15, 0.2) is 0 Å². The lowest BCUT2D eigenvalue weighted by Gasteiger charge is -2.40. The summed E-state index contributed by atoms with van der Waals surface area (Å²) in [5, 5.41) is 0. The Bertz CT molecular complexity index is 1130. The van der Waals surface area contributed by atoms with Crippen LogP contribution in [0.5, 0.6) is 0 Å². The van der Waals surface area contributed by atoms with Gasteiger partial charge in [0, 0.05) is 32.3 Å². The lowest BCUT2D eigenvalue weighted by molar-refractivity contribution is -0.139. The van der Waals surface area contributed by atoms with Gasteiger partial charge in [-0.2, -0.15) is 0 Å². The summed E-state index contributed by atoms with van der Waals surface area (Å²) >= 11 is 0. The molecule has 0 spiro atoms. The Labute approximate surface area is 188 Å². The average Bonchev–Trinajstić information content (AvgIpc) is 2.81. The molecule has 2 aromatic carbocycles. The van der Waals surface area contributed by atoms with Crippen LogP contribution in [0.15, 0.2) is 60.8 Å². The number of likely N-dealkylation sites (N-methyl/N-ethyl adjacent to an activating group) is 1. The first kappa shape index (κ1) is 21.7. The van der Waals surface area contributed by atoms with Crippen molar-refractivity contribution >= 4 is 11.8 Å². The molecular weight excluding hydrogens is 400 g/mol. The molecular formula is C26H28N4O2. The van der Waals surface area contributed by atoms with E-state index in [0.29, 0.717) is 43.1 Å². The third kappa shape index (κ3) is 4.26. The van der Waals surface area contributed by atoms with E-state index in [1.807, 2.05) is 55.1 Å². The topological polar surface area (TPSA) is 66.4 Å². The second kappa shape index (κ2) is 9.30. The van der Waals surface area contributed by atoms with Gasteiger partial charge >= 0.3 is 0 Å². The van der Waals surface area contributed by atoms with Crippen LogP contribution in [0.25, 0.3) is 11.1 Å². The molecule has 2 amide bonds. The zero-order valence-corrected chi connectivity index (χ0v) is 18.8. The minimum Gasteiger partial charge on any atom is -0.339 e. The summed E-state index contributed by atoms with van der Waals surface area (Å²) in [5.41, 5.74) is 4.31. The first-order chi connectivity index (χ1) is 15.5. The zero-order chi connectivity index (χ0) is 22.7. The molecule has 0 bridgehead atoms. The quantitative estimate of drug-likeness (QED) is 0.622. The van der Waals surface area contributed by atoms with Crippen molar-refractivity contribution < 1.29 is 9.59 Å². The van der Waals surface area contributed by atoms with E-state index < -0.39 is 6.04 Å². The summed E-state index contributed by atoms with van der Waals surface area (Å²) in [6.07, 6.45) is 2.03. The number of piperazine rings is 1. The smallest absolute Gasteiger partial charge is 0.258 e. The molecule has 6 heteroatoms. The van der Waals surface area contributed by atoms with Crippen LogP contribution in [0.2, 0.25) is 0 Å². The summed E-state index contributed by atoms with van der Waals surface area (Å²) in [7, 11) is 0. The molecule has 1 fully saturated rings. The van der Waals surface area contributed by atoms with Crippen molar-refractivity contribution in [2.75, 3.05) is 19.6 Å². The highest BCUT2D eigenvalue weighted by Gasteiger charge is 2.38. The number of rotatable bonds is 5. The number of aryl methyl sites for hydroxylation is 2. The van der Waals surface area contributed by atoms with Gasteiger partial charge in [-0.15, -0.1) is 0 Å². The molecule has 0 N–H and O–H groups in total. The SMILES string of the molecule is CCN1CCN(C(=O)c2cnc(C)nc2C)[C@@H](Cc2ccccc2-c2ccccc2)C1=O. The van der Waals surface area contributed by atoms with Gasteiger partial charge in [0.25, 0.3) is 5.91 Å². The number of carbonyl (C=O) groups is 2. The standard InChI is InChI=1S/C26H28N4O2/c1-4-29-14-15-30(25(31)23-17-27-19(3)28-18(23)2)24(26(29)32)16-21-12-8-9-13-22(21)20-10-6-5-7-11-20/h5-13,17,24H,4,14-16H2,1-3H3/t24-/m0/s1. The summed E-state index contributed by atoms with van der Waals surface area (Å²) in [5.74, 6) is 0.425. The number of amides is 2. The second-order valence-electron chi connectivity index (χ2n) is 8.08. The number of hydrogen-bond donors (Lipinski definition) is 0. The zero-order valence-electron chi connectivity index (χ0n) is 18.8. The minimum absolute atomic E-state index is 0.0133. The van der Waals surface area contributed by atoms with Crippen LogP contribution < -0.4 is 0 Å². The minimum atomic E-state index is -0.568. The fourth-order valence-corrected chi connectivity index (χ4v) is 4.35. The maximum absolute atomic E-state index is 13.5. The Morgan fingerprint density at radius 1 is 1.03 bits per heavy atom. The Hall–Kier alpha value is -3.54. The number of benzene rings is 2. The van der Waals surface area contributed by atoms with Crippen LogP contribution in [-0.4, -0.2) is 57.3 Å². The molecule has 6 nitrogen and oxygen atoms in total. The van der Waals surface area contributed by atoms with Crippen molar-refractivity contribution in [3.8, 4) is 11.1 Å². The highest BCUT2D eigenvalue weighted by Crippen LogP contribution is 2.27. The van der Waals surface area contributed by atoms with Crippen LogP contribution in [0.4, 0.5) is 0 Å². The molecule has 1 aromatic heterocycles. The van der Waals surface area contributed by atoms with Gasteiger partial charge in [-0.1, -0.05) is 54.6 Å². The van der Waals surface area contributed by atoms with E-state index in [-0.39, 0.29) is 11.8 Å². The molecule has 0 unspecified atom stereocenters. The molecule has 1 atom stereocenters. The lowest BCUT2D eigenvalue weighted by Crippen LogP contribution is -2.59. The molecule has 1 aliphatic rings. The van der Waals surface area contributed by atoms with Crippen molar-refractivity contribution in [1.29, 1.82) is 0 Å². The predicted molar refractivity (Wildman–Crippen MR) is 124 cm³/mol. The van der Waals surface area contributed by atoms with E-state index in [9.17, 15) is 9.59 Å². The Morgan fingerprint density at radius 3 is 2.47 bits per heavy atom. The van der Waals surface area contributed by atoms with Crippen molar-refractivity contribution in [3.63, 3.8) is 0 Å². The maximum Gasteiger partial charge on any atom is 0.258 e. The number of nitrogens with zero attached hydrogens (tertiary/aromatic N) is 4. The van der Waals surface area contributed by atoms with Gasteiger partial charge < -0.3 is 9.80 Å². The fourth-order valence-electron chi connectivity index (χ4n) is 4.35. The third-order valence-electron chi connectivity index (χ3n) is 6.07.